The number of carbonyl (C=O) groups is 1. The zero-order valence-electron chi connectivity index (χ0n) is 18.0. The van der Waals surface area contributed by atoms with E-state index in [1.54, 1.807) is 11.8 Å². The third-order valence-electron chi connectivity index (χ3n) is 5.45. The van der Waals surface area contributed by atoms with E-state index in [0.717, 1.165) is 10.1 Å². The Kier molecular flexibility index (Phi) is 8.20. The Morgan fingerprint density at radius 3 is 2.59 bits per heavy atom. The molecule has 0 saturated carbocycles. The Bertz CT molecular complexity index is 1230. The molecule has 1 fully saturated rings. The number of hydrogen-bond acceptors (Lipinski definition) is 7. The number of thioether (sulfide) groups is 1. The van der Waals surface area contributed by atoms with E-state index in [1.807, 2.05) is 30.3 Å². The highest BCUT2D eigenvalue weighted by molar-refractivity contribution is 8.00. The minimum atomic E-state index is -3.76. The van der Waals surface area contributed by atoms with E-state index in [4.69, 9.17) is 11.6 Å². The third kappa shape index (κ3) is 6.33. The number of anilines is 1. The smallest absolute Gasteiger partial charge is 0.229 e. The summed E-state index contributed by atoms with van der Waals surface area (Å²) in [6.07, 6.45) is 0.731. The molecule has 2 aromatic carbocycles. The molecule has 0 atom stereocenters. The molecule has 7 nitrogen and oxygen atoms in total. The molecule has 0 unspecified atom stereocenters. The molecule has 0 spiro atoms. The number of rotatable bonds is 8. The predicted octanol–water partition coefficient (Wildman–Crippen LogP) is 4.80. The molecule has 1 aromatic heterocycles. The van der Waals surface area contributed by atoms with Crippen LogP contribution in [0.3, 0.4) is 0 Å². The number of halogens is 2. The zero-order chi connectivity index (χ0) is 24.1. The largest absolute Gasteiger partial charge is 0.300 e. The highest BCUT2D eigenvalue weighted by atomic mass is 35.5. The molecule has 2 heterocycles. The fraction of sp³-hybridized carbons (Fsp3) is 0.318. The Hall–Kier alpha value is -2.05. The van der Waals surface area contributed by atoms with Gasteiger partial charge in [-0.15, -0.1) is 10.2 Å². The second-order valence-corrected chi connectivity index (χ2v) is 12.3. The van der Waals surface area contributed by atoms with Gasteiger partial charge in [-0.1, -0.05) is 71.1 Å². The van der Waals surface area contributed by atoms with Crippen LogP contribution < -0.4 is 5.32 Å². The summed E-state index contributed by atoms with van der Waals surface area (Å²) in [6.45, 7) is 0.363. The van der Waals surface area contributed by atoms with E-state index < -0.39 is 21.6 Å². The maximum atomic E-state index is 14.0. The number of nitrogens with zero attached hydrogens (tertiary/aromatic N) is 3. The van der Waals surface area contributed by atoms with Crippen molar-refractivity contribution < 1.29 is 17.6 Å². The van der Waals surface area contributed by atoms with Gasteiger partial charge in [-0.2, -0.15) is 0 Å². The standard InChI is InChI=1S/C22H22ClFN4O3S3/c23-18-7-4-8-19(24)17(18)14-34(30,31)28-11-9-16(10-12-28)20(29)25-21-26-27-22(33-21)32-13-15-5-2-1-3-6-15/h1-8,16H,9-14H2,(H,25,26,29). The molecular weight excluding hydrogens is 519 g/mol. The average Bonchev–Trinajstić information content (AvgIpc) is 3.28. The SMILES string of the molecule is O=C(Nc1nnc(SCc2ccccc2)s1)C1CCN(S(=O)(=O)Cc2c(F)cccc2Cl)CC1. The maximum Gasteiger partial charge on any atom is 0.229 e. The molecule has 180 valence electrons. The van der Waals surface area contributed by atoms with Crippen LogP contribution in [0.2, 0.25) is 5.02 Å². The summed E-state index contributed by atoms with van der Waals surface area (Å²) >= 11 is 8.84. The summed E-state index contributed by atoms with van der Waals surface area (Å²) in [7, 11) is -3.76. The Labute approximate surface area is 210 Å². The third-order valence-corrected chi connectivity index (χ3v) is 9.65. The van der Waals surface area contributed by atoms with Gasteiger partial charge in [-0.3, -0.25) is 4.79 Å². The van der Waals surface area contributed by atoms with Crippen LogP contribution in [0.4, 0.5) is 9.52 Å². The van der Waals surface area contributed by atoms with Crippen molar-refractivity contribution in [1.29, 1.82) is 0 Å². The molecule has 1 amide bonds. The summed E-state index contributed by atoms with van der Waals surface area (Å²) < 4.78 is 41.6. The van der Waals surface area contributed by atoms with Crippen molar-refractivity contribution in [3.8, 4) is 0 Å². The molecule has 12 heteroatoms. The van der Waals surface area contributed by atoms with Crippen LogP contribution in [-0.2, 0) is 26.3 Å². The fourth-order valence-electron chi connectivity index (χ4n) is 3.59. The molecular formula is C22H22ClFN4O3S3. The number of sulfonamides is 1. The van der Waals surface area contributed by atoms with Crippen molar-refractivity contribution in [3.05, 3.63) is 70.5 Å². The number of amides is 1. The minimum absolute atomic E-state index is 0.0405. The molecule has 3 aromatic rings. The molecule has 1 N–H and O–H groups in total. The summed E-state index contributed by atoms with van der Waals surface area (Å²) in [5.74, 6) is -0.945. The van der Waals surface area contributed by atoms with Gasteiger partial charge in [0.2, 0.25) is 21.1 Å². The molecule has 0 radical (unpaired) electrons. The maximum absolute atomic E-state index is 14.0. The number of hydrogen-bond donors (Lipinski definition) is 1. The van der Waals surface area contributed by atoms with Gasteiger partial charge in [-0.05, 0) is 30.5 Å². The van der Waals surface area contributed by atoms with E-state index in [9.17, 15) is 17.6 Å². The van der Waals surface area contributed by atoms with Gasteiger partial charge < -0.3 is 5.32 Å². The Balaban J connectivity index is 1.28. The van der Waals surface area contributed by atoms with Crippen molar-refractivity contribution in [3.63, 3.8) is 0 Å². The van der Waals surface area contributed by atoms with E-state index in [0.29, 0.717) is 18.0 Å². The van der Waals surface area contributed by atoms with Crippen LogP contribution in [0.25, 0.3) is 0 Å². The van der Waals surface area contributed by atoms with Gasteiger partial charge in [0.25, 0.3) is 0 Å². The quantitative estimate of drug-likeness (QED) is 0.326. The lowest BCUT2D eigenvalue weighted by Gasteiger charge is -2.30. The fourth-order valence-corrected chi connectivity index (χ4v) is 7.21. The number of benzene rings is 2. The Morgan fingerprint density at radius 1 is 1.15 bits per heavy atom. The second-order valence-electron chi connectivity index (χ2n) is 7.77. The molecule has 0 aliphatic carbocycles. The molecule has 1 aliphatic heterocycles. The van der Waals surface area contributed by atoms with Crippen molar-refractivity contribution in [2.24, 2.45) is 5.92 Å². The monoisotopic (exact) mass is 540 g/mol. The first-order chi connectivity index (χ1) is 16.3. The van der Waals surface area contributed by atoms with Crippen LogP contribution in [-0.4, -0.2) is 41.9 Å². The van der Waals surface area contributed by atoms with Crippen LogP contribution in [0.15, 0.2) is 52.9 Å². The van der Waals surface area contributed by atoms with Crippen molar-refractivity contribution in [2.75, 3.05) is 18.4 Å². The van der Waals surface area contributed by atoms with Crippen molar-refractivity contribution in [2.45, 2.75) is 28.7 Å². The highest BCUT2D eigenvalue weighted by Crippen LogP contribution is 2.30. The first kappa shape index (κ1) is 25.1. The first-order valence-corrected chi connectivity index (χ1v) is 14.3. The minimum Gasteiger partial charge on any atom is -0.300 e. The average molecular weight is 541 g/mol. The van der Waals surface area contributed by atoms with E-state index in [1.165, 1.54) is 39.4 Å². The number of nitrogens with one attached hydrogen (secondary N) is 1. The van der Waals surface area contributed by atoms with E-state index >= 15 is 0 Å². The lowest BCUT2D eigenvalue weighted by Crippen LogP contribution is -2.42. The van der Waals surface area contributed by atoms with Crippen LogP contribution >= 0.6 is 34.7 Å². The Morgan fingerprint density at radius 2 is 1.88 bits per heavy atom. The van der Waals surface area contributed by atoms with Crippen LogP contribution in [0.1, 0.15) is 24.0 Å². The topological polar surface area (TPSA) is 92.3 Å². The second kappa shape index (κ2) is 11.1. The molecule has 1 saturated heterocycles. The van der Waals surface area contributed by atoms with Crippen LogP contribution in [0.5, 0.6) is 0 Å². The lowest BCUT2D eigenvalue weighted by molar-refractivity contribution is -0.120. The molecule has 0 bridgehead atoms. The zero-order valence-corrected chi connectivity index (χ0v) is 21.2. The summed E-state index contributed by atoms with van der Waals surface area (Å²) in [6, 6.07) is 14.1. The summed E-state index contributed by atoms with van der Waals surface area (Å²) in [5, 5.41) is 11.5. The predicted molar refractivity (Wildman–Crippen MR) is 133 cm³/mol. The van der Waals surface area contributed by atoms with Gasteiger partial charge in [0, 0.05) is 35.3 Å². The first-order valence-electron chi connectivity index (χ1n) is 10.5. The van der Waals surface area contributed by atoms with Crippen molar-refractivity contribution >= 4 is 55.8 Å². The summed E-state index contributed by atoms with van der Waals surface area (Å²) in [4.78, 5) is 12.7. The van der Waals surface area contributed by atoms with Gasteiger partial charge in [0.05, 0.1) is 5.75 Å². The normalized spacial score (nSPS) is 15.4. The molecule has 1 aliphatic rings. The molecule has 4 rings (SSSR count). The lowest BCUT2D eigenvalue weighted by atomic mass is 9.97. The number of aromatic nitrogens is 2. The number of piperidine rings is 1. The van der Waals surface area contributed by atoms with E-state index in [-0.39, 0.29) is 35.5 Å². The molecule has 34 heavy (non-hydrogen) atoms. The van der Waals surface area contributed by atoms with Gasteiger partial charge in [0.15, 0.2) is 4.34 Å². The van der Waals surface area contributed by atoms with E-state index in [2.05, 4.69) is 15.5 Å². The van der Waals surface area contributed by atoms with Crippen molar-refractivity contribution in [1.82, 2.24) is 14.5 Å². The van der Waals surface area contributed by atoms with Crippen LogP contribution in [0, 0.1) is 11.7 Å². The van der Waals surface area contributed by atoms with Gasteiger partial charge in [-0.25, -0.2) is 17.1 Å². The van der Waals surface area contributed by atoms with Gasteiger partial charge in [0.1, 0.15) is 5.82 Å². The number of carbonyl (C=O) groups excluding carboxylic acids is 1. The summed E-state index contributed by atoms with van der Waals surface area (Å²) in [5.41, 5.74) is 1.13. The van der Waals surface area contributed by atoms with Gasteiger partial charge >= 0.3 is 0 Å². The highest BCUT2D eigenvalue weighted by Gasteiger charge is 2.32.